The summed E-state index contributed by atoms with van der Waals surface area (Å²) in [7, 11) is 0. The molecule has 1 aliphatic heterocycles. The molecule has 0 bridgehead atoms. The summed E-state index contributed by atoms with van der Waals surface area (Å²) < 4.78 is 0. The second-order valence-electron chi connectivity index (χ2n) is 8.46. The average Bonchev–Trinajstić information content (AvgIpc) is 2.67. The van der Waals surface area contributed by atoms with Gasteiger partial charge in [-0.3, -0.25) is 0 Å². The van der Waals surface area contributed by atoms with Crippen molar-refractivity contribution in [2.75, 3.05) is 19.6 Å². The zero-order valence-corrected chi connectivity index (χ0v) is 18.2. The number of piperidine rings is 1. The summed E-state index contributed by atoms with van der Waals surface area (Å²) in [6.45, 7) is 3.06. The lowest BCUT2D eigenvalue weighted by Gasteiger charge is -2.43. The summed E-state index contributed by atoms with van der Waals surface area (Å²) >= 11 is 0. The van der Waals surface area contributed by atoms with E-state index in [1.165, 1.54) is 22.8 Å². The molecule has 1 aliphatic carbocycles. The molecule has 3 nitrogen and oxygen atoms in total. The van der Waals surface area contributed by atoms with Crippen molar-refractivity contribution in [3.63, 3.8) is 0 Å². The Morgan fingerprint density at radius 2 is 1.61 bits per heavy atom. The molecule has 1 saturated heterocycles. The number of halogens is 2. The average molecular weight is 425 g/mol. The number of rotatable bonds is 4. The van der Waals surface area contributed by atoms with Crippen molar-refractivity contribution >= 4 is 35.6 Å². The maximum atomic E-state index is 11.6. The van der Waals surface area contributed by atoms with E-state index in [1.54, 1.807) is 0 Å². The van der Waals surface area contributed by atoms with Crippen molar-refractivity contribution in [3.8, 4) is 0 Å². The van der Waals surface area contributed by atoms with Crippen LogP contribution in [0, 0.1) is 0 Å². The van der Waals surface area contributed by atoms with Crippen LogP contribution in [0.5, 0.6) is 0 Å². The van der Waals surface area contributed by atoms with Crippen LogP contribution in [0.4, 0.5) is 0 Å². The van der Waals surface area contributed by atoms with Crippen molar-refractivity contribution in [1.82, 2.24) is 4.90 Å². The first-order valence-electron chi connectivity index (χ1n) is 10.3. The summed E-state index contributed by atoms with van der Waals surface area (Å²) in [5, 5.41) is 14.1. The molecular weight excluding hydrogens is 391 g/mol. The van der Waals surface area contributed by atoms with Gasteiger partial charge in [-0.2, -0.15) is 0 Å². The predicted octanol–water partition coefficient (Wildman–Crippen LogP) is 4.89. The lowest BCUT2D eigenvalue weighted by molar-refractivity contribution is -0.0324. The van der Waals surface area contributed by atoms with E-state index in [0.29, 0.717) is 6.04 Å². The Hall–Kier alpha value is -0.840. The second kappa shape index (κ2) is 10.3. The van der Waals surface area contributed by atoms with Crippen LogP contribution in [-0.4, -0.2) is 41.3 Å². The fourth-order valence-electron chi connectivity index (χ4n) is 4.92. The van der Waals surface area contributed by atoms with Gasteiger partial charge in [-0.15, -0.1) is 24.8 Å². The Kier molecular flexibility index (Phi) is 8.60. The minimum absolute atomic E-state index is 0. The number of fused-ring (bicyclic) bond motifs is 1. The molecule has 0 radical (unpaired) electrons. The molecule has 4 rings (SSSR count). The van der Waals surface area contributed by atoms with Crippen molar-refractivity contribution in [1.29, 1.82) is 0 Å². The third-order valence-electron chi connectivity index (χ3n) is 6.62. The summed E-state index contributed by atoms with van der Waals surface area (Å²) in [4.78, 5) is 2.52. The Labute approximate surface area is 181 Å². The molecule has 1 heterocycles. The van der Waals surface area contributed by atoms with Crippen molar-refractivity contribution in [2.24, 2.45) is 5.73 Å². The molecule has 28 heavy (non-hydrogen) atoms. The van der Waals surface area contributed by atoms with Gasteiger partial charge in [0.05, 0.1) is 5.60 Å². The fourth-order valence-corrected chi connectivity index (χ4v) is 4.92. The van der Waals surface area contributed by atoms with Crippen LogP contribution in [0.1, 0.15) is 56.4 Å². The summed E-state index contributed by atoms with van der Waals surface area (Å²) in [5.74, 6) is 0.182. The highest BCUT2D eigenvalue weighted by Crippen LogP contribution is 2.41. The van der Waals surface area contributed by atoms with E-state index in [-0.39, 0.29) is 30.7 Å². The number of benzene rings is 2. The van der Waals surface area contributed by atoms with E-state index in [0.717, 1.165) is 58.2 Å². The minimum Gasteiger partial charge on any atom is -0.389 e. The predicted molar refractivity (Wildman–Crippen MR) is 123 cm³/mol. The number of nitrogens with two attached hydrogens (primary N) is 1. The van der Waals surface area contributed by atoms with Crippen LogP contribution in [0.3, 0.4) is 0 Å². The summed E-state index contributed by atoms with van der Waals surface area (Å²) in [5.41, 5.74) is 6.82. The highest BCUT2D eigenvalue weighted by Gasteiger charge is 2.39. The zero-order valence-electron chi connectivity index (χ0n) is 16.6. The van der Waals surface area contributed by atoms with Gasteiger partial charge in [0, 0.05) is 18.5 Å². The number of aliphatic hydroxyl groups is 1. The van der Waals surface area contributed by atoms with Gasteiger partial charge in [-0.05, 0) is 55.1 Å². The van der Waals surface area contributed by atoms with Gasteiger partial charge in [0.2, 0.25) is 0 Å². The first-order chi connectivity index (χ1) is 12.6. The highest BCUT2D eigenvalue weighted by atomic mass is 35.5. The smallest absolute Gasteiger partial charge is 0.0728 e. The Morgan fingerprint density at radius 1 is 0.964 bits per heavy atom. The largest absolute Gasteiger partial charge is 0.389 e. The van der Waals surface area contributed by atoms with Gasteiger partial charge >= 0.3 is 0 Å². The molecule has 0 spiro atoms. The van der Waals surface area contributed by atoms with Crippen molar-refractivity contribution in [2.45, 2.75) is 62.5 Å². The van der Waals surface area contributed by atoms with Crippen LogP contribution in [-0.2, 0) is 0 Å². The van der Waals surface area contributed by atoms with Crippen LogP contribution < -0.4 is 5.73 Å². The normalized spacial score (nSPS) is 21.5. The second-order valence-corrected chi connectivity index (χ2v) is 8.46. The van der Waals surface area contributed by atoms with Crippen LogP contribution in [0.25, 0.3) is 10.8 Å². The Morgan fingerprint density at radius 3 is 2.29 bits per heavy atom. The van der Waals surface area contributed by atoms with Crippen molar-refractivity contribution in [3.05, 3.63) is 48.0 Å². The molecule has 1 unspecified atom stereocenters. The topological polar surface area (TPSA) is 49.5 Å². The van der Waals surface area contributed by atoms with E-state index >= 15 is 0 Å². The number of hydrogen-bond acceptors (Lipinski definition) is 3. The molecule has 2 aromatic carbocycles. The van der Waals surface area contributed by atoms with Gasteiger partial charge in [0.15, 0.2) is 0 Å². The third-order valence-corrected chi connectivity index (χ3v) is 6.62. The van der Waals surface area contributed by atoms with E-state index in [1.807, 2.05) is 0 Å². The quantitative estimate of drug-likeness (QED) is 0.734. The van der Waals surface area contributed by atoms with E-state index in [4.69, 9.17) is 5.73 Å². The van der Waals surface area contributed by atoms with E-state index < -0.39 is 5.60 Å². The number of nitrogens with zero attached hydrogens (tertiary/aromatic N) is 1. The first kappa shape index (κ1) is 23.4. The molecule has 3 N–H and O–H groups in total. The maximum absolute atomic E-state index is 11.6. The molecule has 1 atom stereocenters. The third kappa shape index (κ3) is 5.20. The molecule has 2 aliphatic rings. The number of hydrogen-bond donors (Lipinski definition) is 2. The lowest BCUT2D eigenvalue weighted by Crippen LogP contribution is -2.47. The molecular formula is C23H34Cl2N2O. The van der Waals surface area contributed by atoms with Gasteiger partial charge < -0.3 is 15.7 Å². The summed E-state index contributed by atoms with van der Waals surface area (Å²) in [6, 6.07) is 15.7. The van der Waals surface area contributed by atoms with Crippen LogP contribution >= 0.6 is 24.8 Å². The zero-order chi connectivity index (χ0) is 18.0. The summed E-state index contributed by atoms with van der Waals surface area (Å²) in [6.07, 6.45) is 7.55. The SMILES string of the molecule is Cl.Cl.NC1CCN(CC(c2ccc3ccccc3c2)C2(O)CCCCC2)CC1. The molecule has 0 aromatic heterocycles. The first-order valence-corrected chi connectivity index (χ1v) is 10.3. The van der Waals surface area contributed by atoms with E-state index in [9.17, 15) is 5.11 Å². The van der Waals surface area contributed by atoms with Gasteiger partial charge in [-0.25, -0.2) is 0 Å². The Balaban J connectivity index is 0.00000140. The standard InChI is InChI=1S/C23H32N2O.2ClH/c24-21-10-14-25(15-11-21)17-22(23(26)12-4-1-5-13-23)20-9-8-18-6-2-3-7-19(18)16-20;;/h2-3,6-9,16,21-22,26H,1,4-5,10-15,17,24H2;2*1H. The van der Waals surface area contributed by atoms with Gasteiger partial charge in [-0.1, -0.05) is 61.7 Å². The number of likely N-dealkylation sites (tertiary alicyclic amines) is 1. The fraction of sp³-hybridized carbons (Fsp3) is 0.565. The Bertz CT molecular complexity index is 740. The van der Waals surface area contributed by atoms with Gasteiger partial charge in [0.25, 0.3) is 0 Å². The molecule has 156 valence electrons. The van der Waals surface area contributed by atoms with Gasteiger partial charge in [0.1, 0.15) is 0 Å². The molecule has 2 fully saturated rings. The molecule has 0 amide bonds. The maximum Gasteiger partial charge on any atom is 0.0728 e. The molecule has 1 saturated carbocycles. The lowest BCUT2D eigenvalue weighted by atomic mass is 9.72. The monoisotopic (exact) mass is 424 g/mol. The minimum atomic E-state index is -0.569. The van der Waals surface area contributed by atoms with Crippen LogP contribution in [0.15, 0.2) is 42.5 Å². The highest BCUT2D eigenvalue weighted by molar-refractivity contribution is 5.85. The molecule has 5 heteroatoms. The molecule has 2 aromatic rings. The van der Waals surface area contributed by atoms with Crippen LogP contribution in [0.2, 0.25) is 0 Å². The van der Waals surface area contributed by atoms with E-state index in [2.05, 4.69) is 47.4 Å². The van der Waals surface area contributed by atoms with Crippen molar-refractivity contribution < 1.29 is 5.11 Å².